The van der Waals surface area contributed by atoms with Crippen LogP contribution in [0.4, 0.5) is 5.82 Å². The van der Waals surface area contributed by atoms with Crippen LogP contribution in [0.25, 0.3) is 0 Å². The SMILES string of the molecule is COc1nc(C)cnc1N. The lowest BCUT2D eigenvalue weighted by Gasteiger charge is -2.00. The van der Waals surface area contributed by atoms with Crippen LogP contribution in [-0.2, 0) is 0 Å². The Hall–Kier alpha value is -1.32. The predicted octanol–water partition coefficient (Wildman–Crippen LogP) is 0.376. The molecule has 4 heteroatoms. The van der Waals surface area contributed by atoms with Crippen molar-refractivity contribution in [2.75, 3.05) is 12.8 Å². The number of ether oxygens (including phenoxy) is 1. The largest absolute Gasteiger partial charge is 0.478 e. The topological polar surface area (TPSA) is 61.0 Å². The summed E-state index contributed by atoms with van der Waals surface area (Å²) in [6, 6.07) is 0. The fourth-order valence-corrected chi connectivity index (χ4v) is 0.615. The van der Waals surface area contributed by atoms with Gasteiger partial charge in [0.05, 0.1) is 19.0 Å². The second kappa shape index (κ2) is 2.51. The van der Waals surface area contributed by atoms with Gasteiger partial charge in [-0.15, -0.1) is 0 Å². The molecule has 0 aromatic carbocycles. The van der Waals surface area contributed by atoms with E-state index in [0.717, 1.165) is 5.69 Å². The van der Waals surface area contributed by atoms with Crippen LogP contribution in [0.15, 0.2) is 6.20 Å². The first-order valence-electron chi connectivity index (χ1n) is 2.87. The fourth-order valence-electron chi connectivity index (χ4n) is 0.615. The molecule has 2 N–H and O–H groups in total. The highest BCUT2D eigenvalue weighted by Gasteiger charge is 1.99. The van der Waals surface area contributed by atoms with E-state index in [0.29, 0.717) is 11.7 Å². The molecule has 1 aromatic heterocycles. The number of rotatable bonds is 1. The van der Waals surface area contributed by atoms with Gasteiger partial charge in [0.1, 0.15) is 0 Å². The molecule has 54 valence electrons. The maximum absolute atomic E-state index is 5.40. The van der Waals surface area contributed by atoms with Crippen LogP contribution in [-0.4, -0.2) is 17.1 Å². The van der Waals surface area contributed by atoms with E-state index >= 15 is 0 Å². The zero-order chi connectivity index (χ0) is 7.56. The summed E-state index contributed by atoms with van der Waals surface area (Å²) in [6.07, 6.45) is 1.60. The second-order valence-corrected chi connectivity index (χ2v) is 1.91. The van der Waals surface area contributed by atoms with Crippen molar-refractivity contribution < 1.29 is 4.74 Å². The molecular formula is C6H9N3O. The number of aryl methyl sites for hydroxylation is 1. The number of methoxy groups -OCH3 is 1. The van der Waals surface area contributed by atoms with Crippen molar-refractivity contribution in [2.45, 2.75) is 6.92 Å². The van der Waals surface area contributed by atoms with E-state index < -0.39 is 0 Å². The van der Waals surface area contributed by atoms with Crippen molar-refractivity contribution in [2.24, 2.45) is 0 Å². The molecular weight excluding hydrogens is 130 g/mol. The first-order chi connectivity index (χ1) is 4.74. The minimum atomic E-state index is 0.327. The summed E-state index contributed by atoms with van der Waals surface area (Å²) in [7, 11) is 1.51. The molecule has 0 amide bonds. The lowest BCUT2D eigenvalue weighted by atomic mass is 10.5. The molecule has 4 nitrogen and oxygen atoms in total. The molecule has 0 aliphatic rings. The van der Waals surface area contributed by atoms with Crippen LogP contribution in [0.5, 0.6) is 5.88 Å². The van der Waals surface area contributed by atoms with Crippen LogP contribution >= 0.6 is 0 Å². The summed E-state index contributed by atoms with van der Waals surface area (Å²) in [6.45, 7) is 1.83. The Labute approximate surface area is 59.1 Å². The summed E-state index contributed by atoms with van der Waals surface area (Å²) < 4.78 is 4.83. The molecule has 0 fully saturated rings. The van der Waals surface area contributed by atoms with Crippen LogP contribution in [0.1, 0.15) is 5.69 Å². The Morgan fingerprint density at radius 3 is 2.80 bits per heavy atom. The van der Waals surface area contributed by atoms with Gasteiger partial charge in [0.25, 0.3) is 5.88 Å². The van der Waals surface area contributed by atoms with Gasteiger partial charge in [-0.3, -0.25) is 0 Å². The third kappa shape index (κ3) is 1.15. The Balaban J connectivity index is 3.09. The quantitative estimate of drug-likeness (QED) is 0.610. The zero-order valence-corrected chi connectivity index (χ0v) is 5.96. The van der Waals surface area contributed by atoms with E-state index in [2.05, 4.69) is 9.97 Å². The van der Waals surface area contributed by atoms with Crippen molar-refractivity contribution in [3.05, 3.63) is 11.9 Å². The molecule has 0 saturated carbocycles. The average Bonchev–Trinajstić information content (AvgIpc) is 1.94. The van der Waals surface area contributed by atoms with Gasteiger partial charge in [-0.1, -0.05) is 0 Å². The molecule has 1 aromatic rings. The van der Waals surface area contributed by atoms with Gasteiger partial charge in [-0.05, 0) is 6.92 Å². The third-order valence-electron chi connectivity index (χ3n) is 1.08. The normalized spacial score (nSPS) is 9.40. The summed E-state index contributed by atoms with van der Waals surface area (Å²) in [5.41, 5.74) is 6.20. The van der Waals surface area contributed by atoms with Crippen LogP contribution < -0.4 is 10.5 Å². The Kier molecular flexibility index (Phi) is 1.71. The number of hydrogen-bond donors (Lipinski definition) is 1. The monoisotopic (exact) mass is 139 g/mol. The van der Waals surface area contributed by atoms with E-state index in [1.807, 2.05) is 6.92 Å². The van der Waals surface area contributed by atoms with Gasteiger partial charge in [0, 0.05) is 0 Å². The molecule has 0 spiro atoms. The molecule has 10 heavy (non-hydrogen) atoms. The molecule has 0 unspecified atom stereocenters. The first-order valence-corrected chi connectivity index (χ1v) is 2.87. The van der Waals surface area contributed by atoms with E-state index in [4.69, 9.17) is 10.5 Å². The zero-order valence-electron chi connectivity index (χ0n) is 5.96. The van der Waals surface area contributed by atoms with Crippen LogP contribution in [0.2, 0.25) is 0 Å². The Morgan fingerprint density at radius 1 is 1.60 bits per heavy atom. The molecule has 0 aliphatic carbocycles. The van der Waals surface area contributed by atoms with E-state index in [1.54, 1.807) is 6.20 Å². The highest BCUT2D eigenvalue weighted by Crippen LogP contribution is 2.12. The number of anilines is 1. The van der Waals surface area contributed by atoms with Gasteiger partial charge in [-0.25, -0.2) is 9.97 Å². The maximum Gasteiger partial charge on any atom is 0.257 e. The van der Waals surface area contributed by atoms with Gasteiger partial charge in [0.2, 0.25) is 0 Å². The van der Waals surface area contributed by atoms with Crippen LogP contribution in [0.3, 0.4) is 0 Å². The molecule has 1 heterocycles. The van der Waals surface area contributed by atoms with E-state index in [1.165, 1.54) is 7.11 Å². The number of nitrogen functional groups attached to an aromatic ring is 1. The number of nitrogens with zero attached hydrogens (tertiary/aromatic N) is 2. The van der Waals surface area contributed by atoms with Gasteiger partial charge >= 0.3 is 0 Å². The summed E-state index contributed by atoms with van der Waals surface area (Å²) in [5, 5.41) is 0. The third-order valence-corrected chi connectivity index (χ3v) is 1.08. The van der Waals surface area contributed by atoms with Gasteiger partial charge in [-0.2, -0.15) is 0 Å². The van der Waals surface area contributed by atoms with E-state index in [9.17, 15) is 0 Å². The molecule has 0 saturated heterocycles. The van der Waals surface area contributed by atoms with Crippen molar-refractivity contribution in [3.8, 4) is 5.88 Å². The minimum Gasteiger partial charge on any atom is -0.478 e. The van der Waals surface area contributed by atoms with Crippen molar-refractivity contribution in [1.82, 2.24) is 9.97 Å². The summed E-state index contributed by atoms with van der Waals surface area (Å²) in [5.74, 6) is 0.716. The first kappa shape index (κ1) is 6.80. The molecule has 0 radical (unpaired) electrons. The molecule has 0 aliphatic heterocycles. The Morgan fingerprint density at radius 2 is 2.30 bits per heavy atom. The van der Waals surface area contributed by atoms with Crippen molar-refractivity contribution in [3.63, 3.8) is 0 Å². The van der Waals surface area contributed by atoms with Crippen LogP contribution in [0, 0.1) is 6.92 Å². The summed E-state index contributed by atoms with van der Waals surface area (Å²) in [4.78, 5) is 7.82. The average molecular weight is 139 g/mol. The number of hydrogen-bond acceptors (Lipinski definition) is 4. The van der Waals surface area contributed by atoms with Crippen molar-refractivity contribution >= 4 is 5.82 Å². The number of nitrogens with two attached hydrogens (primary N) is 1. The standard InChI is InChI=1S/C6H9N3O/c1-4-3-8-5(7)6(9-4)10-2/h3H,1-2H3,(H2,7,8). The maximum atomic E-state index is 5.40. The fraction of sp³-hybridized carbons (Fsp3) is 0.333. The predicted molar refractivity (Wildman–Crippen MR) is 37.7 cm³/mol. The van der Waals surface area contributed by atoms with E-state index in [-0.39, 0.29) is 0 Å². The highest BCUT2D eigenvalue weighted by molar-refractivity contribution is 5.39. The lowest BCUT2D eigenvalue weighted by Crippen LogP contribution is -1.98. The van der Waals surface area contributed by atoms with Crippen molar-refractivity contribution in [1.29, 1.82) is 0 Å². The lowest BCUT2D eigenvalue weighted by molar-refractivity contribution is 0.397. The molecule has 1 rings (SSSR count). The summed E-state index contributed by atoms with van der Waals surface area (Å²) >= 11 is 0. The highest BCUT2D eigenvalue weighted by atomic mass is 16.5. The Bertz CT molecular complexity index is 236. The minimum absolute atomic E-state index is 0.327. The molecule has 0 atom stereocenters. The number of aromatic nitrogens is 2. The smallest absolute Gasteiger partial charge is 0.257 e. The second-order valence-electron chi connectivity index (χ2n) is 1.91. The van der Waals surface area contributed by atoms with Gasteiger partial charge < -0.3 is 10.5 Å². The van der Waals surface area contributed by atoms with Gasteiger partial charge in [0.15, 0.2) is 5.82 Å². The molecule has 0 bridgehead atoms.